The number of hydrogen-bond donors (Lipinski definition) is 4. The fourth-order valence-corrected chi connectivity index (χ4v) is 4.91. The summed E-state index contributed by atoms with van der Waals surface area (Å²) in [5.74, 6) is -1.19. The molecule has 4 N–H and O–H groups in total. The summed E-state index contributed by atoms with van der Waals surface area (Å²) < 4.78 is 0. The van der Waals surface area contributed by atoms with Gasteiger partial charge in [-0.25, -0.2) is 0 Å². The number of fused-ring (bicyclic) bond motifs is 4. The van der Waals surface area contributed by atoms with Crippen LogP contribution >= 0.6 is 0 Å². The minimum absolute atomic E-state index is 0.119. The van der Waals surface area contributed by atoms with Gasteiger partial charge in [-0.15, -0.1) is 0 Å². The number of benzene rings is 4. The van der Waals surface area contributed by atoms with Crippen molar-refractivity contribution in [2.24, 2.45) is 0 Å². The average molecular weight is 505 g/mol. The molecule has 6 heteroatoms. The Kier molecular flexibility index (Phi) is 6.96. The number of hydrogen-bond acceptors (Lipinski definition) is 4. The highest BCUT2D eigenvalue weighted by Gasteiger charge is 2.30. The smallest absolute Gasteiger partial charge is 0.255 e. The number of phenols is 2. The molecule has 4 aromatic rings. The number of allylic oxidation sites excluding steroid dienone is 1. The molecule has 4 aromatic carbocycles. The van der Waals surface area contributed by atoms with E-state index in [0.29, 0.717) is 29.5 Å². The van der Waals surface area contributed by atoms with Gasteiger partial charge in [-0.2, -0.15) is 0 Å². The highest BCUT2D eigenvalue weighted by atomic mass is 16.3. The number of nitrogens with one attached hydrogen (secondary N) is 2. The first-order valence-electron chi connectivity index (χ1n) is 12.4. The van der Waals surface area contributed by atoms with E-state index in [9.17, 15) is 19.8 Å². The van der Waals surface area contributed by atoms with Crippen molar-refractivity contribution in [3.8, 4) is 11.5 Å². The van der Waals surface area contributed by atoms with Crippen LogP contribution in [0.25, 0.3) is 0 Å². The Morgan fingerprint density at radius 1 is 0.579 bits per heavy atom. The number of carbonyl (C=O) groups is 2. The Balaban J connectivity index is 1.70. The fourth-order valence-electron chi connectivity index (χ4n) is 4.91. The van der Waals surface area contributed by atoms with Gasteiger partial charge in [0.2, 0.25) is 0 Å². The Morgan fingerprint density at radius 2 is 0.974 bits per heavy atom. The van der Waals surface area contributed by atoms with Gasteiger partial charge in [-0.1, -0.05) is 97.1 Å². The predicted octanol–water partition coefficient (Wildman–Crippen LogP) is 5.40. The van der Waals surface area contributed by atoms with Gasteiger partial charge in [0.15, 0.2) is 0 Å². The molecule has 1 heterocycles. The third kappa shape index (κ3) is 5.02. The van der Waals surface area contributed by atoms with Crippen molar-refractivity contribution in [2.75, 3.05) is 0 Å². The second-order valence-corrected chi connectivity index (χ2v) is 9.45. The largest absolute Gasteiger partial charge is 0.507 e. The average Bonchev–Trinajstić information content (AvgIpc) is 2.93. The van der Waals surface area contributed by atoms with E-state index >= 15 is 0 Å². The van der Waals surface area contributed by atoms with Gasteiger partial charge in [-0.05, 0) is 47.2 Å². The van der Waals surface area contributed by atoms with E-state index in [1.165, 1.54) is 0 Å². The highest BCUT2D eigenvalue weighted by Crippen LogP contribution is 2.34. The van der Waals surface area contributed by atoms with Crippen molar-refractivity contribution in [1.29, 1.82) is 0 Å². The number of para-hydroxylation sites is 2. The summed E-state index contributed by atoms with van der Waals surface area (Å²) in [6.07, 6.45) is 0.606. The molecule has 4 bridgehead atoms. The number of amides is 2. The van der Waals surface area contributed by atoms with Crippen molar-refractivity contribution in [2.45, 2.75) is 24.9 Å². The molecule has 5 rings (SSSR count). The molecule has 1 aliphatic rings. The van der Waals surface area contributed by atoms with E-state index in [4.69, 9.17) is 0 Å². The maximum absolute atomic E-state index is 13.6. The molecule has 6 nitrogen and oxygen atoms in total. The number of phenolic OH excluding ortho intramolecular Hbond substituents is 2. The molecular weight excluding hydrogens is 476 g/mol. The molecule has 2 amide bonds. The van der Waals surface area contributed by atoms with Gasteiger partial charge in [-0.3, -0.25) is 9.59 Å². The van der Waals surface area contributed by atoms with E-state index in [0.717, 1.165) is 11.1 Å². The van der Waals surface area contributed by atoms with Gasteiger partial charge < -0.3 is 20.8 Å². The molecule has 0 aromatic heterocycles. The van der Waals surface area contributed by atoms with Crippen molar-refractivity contribution < 1.29 is 19.8 Å². The predicted molar refractivity (Wildman–Crippen MR) is 146 cm³/mol. The zero-order valence-corrected chi connectivity index (χ0v) is 20.7. The van der Waals surface area contributed by atoms with E-state index in [-0.39, 0.29) is 22.6 Å². The zero-order chi connectivity index (χ0) is 26.6. The molecule has 0 fully saturated rings. The van der Waals surface area contributed by atoms with E-state index in [1.807, 2.05) is 60.7 Å². The SMILES string of the molecule is C=C1Cc2cccc(c2O)C(=O)N[C@@H](c2ccccc2)[C@H](c2ccccc2)NC(=O)c2cccc(c2O)C1. The topological polar surface area (TPSA) is 98.7 Å². The first-order valence-corrected chi connectivity index (χ1v) is 12.4. The van der Waals surface area contributed by atoms with Crippen LogP contribution in [0.5, 0.6) is 11.5 Å². The molecular formula is C32H28N2O4. The minimum Gasteiger partial charge on any atom is -0.507 e. The Labute approximate surface area is 221 Å². The van der Waals surface area contributed by atoms with Gasteiger partial charge in [0.1, 0.15) is 11.5 Å². The first kappa shape index (κ1) is 24.8. The van der Waals surface area contributed by atoms with Crippen molar-refractivity contribution in [3.63, 3.8) is 0 Å². The molecule has 190 valence electrons. The van der Waals surface area contributed by atoms with Crippen molar-refractivity contribution in [1.82, 2.24) is 10.6 Å². The molecule has 1 aliphatic heterocycles. The Morgan fingerprint density at radius 3 is 1.37 bits per heavy atom. The molecule has 0 aliphatic carbocycles. The number of aromatic hydroxyl groups is 2. The summed E-state index contributed by atoms with van der Waals surface area (Å²) >= 11 is 0. The third-order valence-corrected chi connectivity index (χ3v) is 6.83. The van der Waals surface area contributed by atoms with Gasteiger partial charge in [0, 0.05) is 0 Å². The third-order valence-electron chi connectivity index (χ3n) is 6.83. The lowest BCUT2D eigenvalue weighted by Gasteiger charge is -2.30. The van der Waals surface area contributed by atoms with Crippen LogP contribution in [-0.2, 0) is 12.8 Å². The summed E-state index contributed by atoms with van der Waals surface area (Å²) in [4.78, 5) is 27.2. The maximum atomic E-state index is 13.6. The standard InChI is InChI=1S/C32H28N2O4/c1-20-18-23-14-8-16-25(29(23)35)31(37)33-27(21-10-4-2-5-11-21)28(22-12-6-3-7-13-22)34-32(38)26-17-9-15-24(19-20)30(26)36/h2-17,27-28,35-36H,1,18-19H2,(H,33,37)(H,34,38)/t27-,28-/m0/s1. The summed E-state index contributed by atoms with van der Waals surface area (Å²) in [6.45, 7) is 4.11. The summed E-state index contributed by atoms with van der Waals surface area (Å²) in [6, 6.07) is 27.4. The molecule has 0 radical (unpaired) electrons. The Hall–Kier alpha value is -4.84. The first-order chi connectivity index (χ1) is 18.4. The van der Waals surface area contributed by atoms with Crippen LogP contribution in [0.2, 0.25) is 0 Å². The number of rotatable bonds is 2. The summed E-state index contributed by atoms with van der Waals surface area (Å²) in [5, 5.41) is 28.2. The quantitative estimate of drug-likeness (QED) is 0.275. The van der Waals surface area contributed by atoms with Crippen LogP contribution < -0.4 is 10.6 Å². The normalized spacial score (nSPS) is 18.1. The lowest BCUT2D eigenvalue weighted by Crippen LogP contribution is -2.41. The lowest BCUT2D eigenvalue weighted by molar-refractivity contribution is 0.0878. The second-order valence-electron chi connectivity index (χ2n) is 9.45. The van der Waals surface area contributed by atoms with Crippen LogP contribution in [-0.4, -0.2) is 22.0 Å². The van der Waals surface area contributed by atoms with Crippen LogP contribution in [0.4, 0.5) is 0 Å². The summed E-state index contributed by atoms with van der Waals surface area (Å²) in [7, 11) is 0. The molecule has 0 saturated heterocycles. The maximum Gasteiger partial charge on any atom is 0.255 e. The molecule has 0 unspecified atom stereocenters. The van der Waals surface area contributed by atoms with Gasteiger partial charge >= 0.3 is 0 Å². The number of carbonyl (C=O) groups excluding carboxylic acids is 2. The van der Waals surface area contributed by atoms with Gasteiger partial charge in [0.05, 0.1) is 23.2 Å². The minimum atomic E-state index is -0.691. The lowest BCUT2D eigenvalue weighted by atomic mass is 9.92. The van der Waals surface area contributed by atoms with Crippen LogP contribution in [0.15, 0.2) is 109 Å². The zero-order valence-electron chi connectivity index (χ0n) is 20.7. The van der Waals surface area contributed by atoms with E-state index in [2.05, 4.69) is 17.2 Å². The summed E-state index contributed by atoms with van der Waals surface area (Å²) in [5.41, 5.74) is 3.62. The Bertz CT molecular complexity index is 1390. The van der Waals surface area contributed by atoms with Gasteiger partial charge in [0.25, 0.3) is 11.8 Å². The highest BCUT2D eigenvalue weighted by molar-refractivity contribution is 5.99. The van der Waals surface area contributed by atoms with Crippen molar-refractivity contribution in [3.05, 3.63) is 143 Å². The van der Waals surface area contributed by atoms with Crippen LogP contribution in [0, 0.1) is 0 Å². The molecule has 0 spiro atoms. The monoisotopic (exact) mass is 504 g/mol. The molecule has 38 heavy (non-hydrogen) atoms. The molecule has 2 atom stereocenters. The van der Waals surface area contributed by atoms with E-state index in [1.54, 1.807) is 36.4 Å². The molecule has 0 saturated carbocycles. The fraction of sp³-hybridized carbons (Fsp3) is 0.125. The van der Waals surface area contributed by atoms with Crippen molar-refractivity contribution >= 4 is 11.8 Å². The second kappa shape index (κ2) is 10.6. The van der Waals surface area contributed by atoms with E-state index < -0.39 is 23.9 Å². The van der Waals surface area contributed by atoms with Crippen LogP contribution in [0.1, 0.15) is 55.1 Å². The van der Waals surface area contributed by atoms with Crippen LogP contribution in [0.3, 0.4) is 0 Å².